The second-order valence-electron chi connectivity index (χ2n) is 7.99. The molecule has 1 heterocycles. The summed E-state index contributed by atoms with van der Waals surface area (Å²) < 4.78 is 15.8. The minimum Gasteiger partial charge on any atom is -0.332 e. The summed E-state index contributed by atoms with van der Waals surface area (Å²) in [4.78, 5) is 32.8. The highest BCUT2D eigenvalue weighted by Crippen LogP contribution is 2.25. The second-order valence-corrected chi connectivity index (χ2v) is 7.99. The molecule has 6 heteroatoms. The largest absolute Gasteiger partial charge is 0.332 e. The van der Waals surface area contributed by atoms with Crippen LogP contribution >= 0.6 is 0 Å². The number of hydrogen-bond acceptors (Lipinski definition) is 3. The molecular weight excluding hydrogens is 405 g/mol. The summed E-state index contributed by atoms with van der Waals surface area (Å²) in [7, 11) is 1.59. The molecule has 0 radical (unpaired) electrons. The first-order valence-electron chi connectivity index (χ1n) is 10.4. The smallest absolute Gasteiger partial charge is 0.266 e. The van der Waals surface area contributed by atoms with E-state index in [1.807, 2.05) is 38.1 Å². The van der Waals surface area contributed by atoms with Crippen molar-refractivity contribution in [3.05, 3.63) is 105 Å². The summed E-state index contributed by atoms with van der Waals surface area (Å²) >= 11 is 0. The van der Waals surface area contributed by atoms with Gasteiger partial charge in [-0.15, -0.1) is 0 Å². The Balaban J connectivity index is 1.92. The number of aromatic nitrogens is 2. The van der Waals surface area contributed by atoms with E-state index < -0.39 is 17.8 Å². The molecule has 32 heavy (non-hydrogen) atoms. The number of carbonyl (C=O) groups excluding carboxylic acids is 1. The standard InChI is InChI=1S/C26H24FN3O2/c1-16-13-14-23(17(2)15-16)30-24(28-22-12-8-6-10-20(22)26(30)32)18(3)29(4)25(31)19-9-5-7-11-21(19)27/h5-15,18H,1-4H3. The maximum absolute atomic E-state index is 14.3. The van der Waals surface area contributed by atoms with E-state index in [4.69, 9.17) is 4.98 Å². The van der Waals surface area contributed by atoms with Crippen LogP contribution in [-0.4, -0.2) is 27.4 Å². The van der Waals surface area contributed by atoms with Gasteiger partial charge in [-0.3, -0.25) is 14.2 Å². The highest BCUT2D eigenvalue weighted by Gasteiger charge is 2.26. The molecule has 162 valence electrons. The number of fused-ring (bicyclic) bond motifs is 1. The van der Waals surface area contributed by atoms with E-state index in [0.717, 1.165) is 11.1 Å². The van der Waals surface area contributed by atoms with Gasteiger partial charge in [-0.2, -0.15) is 0 Å². The molecule has 3 aromatic carbocycles. The van der Waals surface area contributed by atoms with Crippen molar-refractivity contribution < 1.29 is 9.18 Å². The van der Waals surface area contributed by atoms with Crippen LogP contribution in [-0.2, 0) is 0 Å². The minimum atomic E-state index is -0.597. The van der Waals surface area contributed by atoms with Gasteiger partial charge >= 0.3 is 0 Å². The second kappa shape index (κ2) is 8.38. The number of amides is 1. The van der Waals surface area contributed by atoms with E-state index in [0.29, 0.717) is 22.4 Å². The van der Waals surface area contributed by atoms with E-state index in [9.17, 15) is 14.0 Å². The third-order valence-corrected chi connectivity index (χ3v) is 5.77. The summed E-state index contributed by atoms with van der Waals surface area (Å²) in [6.45, 7) is 5.71. The SMILES string of the molecule is Cc1ccc(-n2c(C(C)N(C)C(=O)c3ccccc3F)nc3ccccc3c2=O)c(C)c1. The van der Waals surface area contributed by atoms with Crippen molar-refractivity contribution in [3.63, 3.8) is 0 Å². The molecule has 0 aliphatic carbocycles. The number of aryl methyl sites for hydroxylation is 2. The van der Waals surface area contributed by atoms with E-state index in [1.165, 1.54) is 23.1 Å². The van der Waals surface area contributed by atoms with Crippen molar-refractivity contribution in [3.8, 4) is 5.69 Å². The number of carbonyl (C=O) groups is 1. The fourth-order valence-corrected chi connectivity index (χ4v) is 3.89. The number of halogens is 1. The number of hydrogen-bond donors (Lipinski definition) is 0. The fourth-order valence-electron chi connectivity index (χ4n) is 3.89. The lowest BCUT2D eigenvalue weighted by molar-refractivity contribution is 0.0730. The van der Waals surface area contributed by atoms with Gasteiger partial charge in [0.05, 0.1) is 28.2 Å². The third-order valence-electron chi connectivity index (χ3n) is 5.77. The normalized spacial score (nSPS) is 12.0. The topological polar surface area (TPSA) is 55.2 Å². The molecular formula is C26H24FN3O2. The molecule has 0 bridgehead atoms. The van der Waals surface area contributed by atoms with Crippen LogP contribution in [0.3, 0.4) is 0 Å². The molecule has 0 aliphatic heterocycles. The Morgan fingerprint density at radius 2 is 1.72 bits per heavy atom. The van der Waals surface area contributed by atoms with Gasteiger partial charge in [0.25, 0.3) is 11.5 Å². The highest BCUT2D eigenvalue weighted by molar-refractivity contribution is 5.94. The summed E-state index contributed by atoms with van der Waals surface area (Å²) in [5.74, 6) is -0.659. The zero-order valence-corrected chi connectivity index (χ0v) is 18.5. The molecule has 0 N–H and O–H groups in total. The van der Waals surface area contributed by atoms with Crippen molar-refractivity contribution >= 4 is 16.8 Å². The Kier molecular flexibility index (Phi) is 5.61. The molecule has 0 spiro atoms. The van der Waals surface area contributed by atoms with Gasteiger partial charge in [0, 0.05) is 7.05 Å². The summed E-state index contributed by atoms with van der Waals surface area (Å²) in [6, 6.07) is 18.2. The fraction of sp³-hybridized carbons (Fsp3) is 0.192. The van der Waals surface area contributed by atoms with Gasteiger partial charge in [-0.25, -0.2) is 9.37 Å². The monoisotopic (exact) mass is 429 g/mol. The van der Waals surface area contributed by atoms with Gasteiger partial charge in [0.15, 0.2) is 0 Å². The number of benzene rings is 3. The van der Waals surface area contributed by atoms with Crippen molar-refractivity contribution in [1.82, 2.24) is 14.5 Å². The summed E-state index contributed by atoms with van der Waals surface area (Å²) in [5, 5.41) is 0.492. The lowest BCUT2D eigenvalue weighted by Gasteiger charge is -2.27. The molecule has 0 saturated carbocycles. The quantitative estimate of drug-likeness (QED) is 0.460. The average Bonchev–Trinajstić information content (AvgIpc) is 2.78. The Labute approximate surface area is 185 Å². The Hall–Kier alpha value is -3.80. The van der Waals surface area contributed by atoms with Crippen molar-refractivity contribution in [1.29, 1.82) is 0 Å². The lowest BCUT2D eigenvalue weighted by Crippen LogP contribution is -2.35. The molecule has 1 aromatic heterocycles. The van der Waals surface area contributed by atoms with Crippen molar-refractivity contribution in [2.75, 3.05) is 7.05 Å². The van der Waals surface area contributed by atoms with E-state index >= 15 is 0 Å². The zero-order valence-electron chi connectivity index (χ0n) is 18.5. The molecule has 1 atom stereocenters. The maximum atomic E-state index is 14.3. The molecule has 1 amide bonds. The minimum absolute atomic E-state index is 0.0250. The van der Waals surface area contributed by atoms with Crippen LogP contribution in [0, 0.1) is 19.7 Å². The zero-order chi connectivity index (χ0) is 23.0. The number of para-hydroxylation sites is 1. The van der Waals surface area contributed by atoms with Gasteiger partial charge in [0.2, 0.25) is 0 Å². The molecule has 4 aromatic rings. The number of nitrogens with zero attached hydrogens (tertiary/aromatic N) is 3. The first-order valence-corrected chi connectivity index (χ1v) is 10.4. The molecule has 0 fully saturated rings. The Morgan fingerprint density at radius 1 is 1.03 bits per heavy atom. The Bertz CT molecular complexity index is 1390. The molecule has 0 saturated heterocycles. The number of rotatable bonds is 4. The van der Waals surface area contributed by atoms with Crippen LogP contribution in [0.4, 0.5) is 4.39 Å². The predicted molar refractivity (Wildman–Crippen MR) is 124 cm³/mol. The van der Waals surface area contributed by atoms with Crippen LogP contribution in [0.15, 0.2) is 71.5 Å². The van der Waals surface area contributed by atoms with Gasteiger partial charge in [-0.05, 0) is 56.7 Å². The summed E-state index contributed by atoms with van der Waals surface area (Å²) in [6.07, 6.45) is 0. The van der Waals surface area contributed by atoms with Crippen LogP contribution in [0.1, 0.15) is 40.3 Å². The van der Waals surface area contributed by atoms with Crippen LogP contribution in [0.2, 0.25) is 0 Å². The highest BCUT2D eigenvalue weighted by atomic mass is 19.1. The molecule has 5 nitrogen and oxygen atoms in total. The third kappa shape index (κ3) is 3.68. The van der Waals surface area contributed by atoms with Gasteiger partial charge < -0.3 is 4.90 Å². The van der Waals surface area contributed by atoms with Crippen LogP contribution in [0.5, 0.6) is 0 Å². The maximum Gasteiger partial charge on any atom is 0.266 e. The summed E-state index contributed by atoms with van der Waals surface area (Å²) in [5.41, 5.74) is 3.01. The average molecular weight is 429 g/mol. The molecule has 0 aliphatic rings. The van der Waals surface area contributed by atoms with Gasteiger partial charge in [-0.1, -0.05) is 42.0 Å². The van der Waals surface area contributed by atoms with Crippen molar-refractivity contribution in [2.45, 2.75) is 26.8 Å². The Morgan fingerprint density at radius 3 is 2.44 bits per heavy atom. The molecule has 4 rings (SSSR count). The predicted octanol–water partition coefficient (Wildman–Crippen LogP) is 4.97. The van der Waals surface area contributed by atoms with Gasteiger partial charge in [0.1, 0.15) is 11.6 Å². The lowest BCUT2D eigenvalue weighted by atomic mass is 10.1. The van der Waals surface area contributed by atoms with Crippen molar-refractivity contribution in [2.24, 2.45) is 0 Å². The van der Waals surface area contributed by atoms with E-state index in [-0.39, 0.29) is 11.1 Å². The first-order chi connectivity index (χ1) is 15.3. The van der Waals surface area contributed by atoms with E-state index in [1.54, 1.807) is 42.8 Å². The molecule has 1 unspecified atom stereocenters. The van der Waals surface area contributed by atoms with E-state index in [2.05, 4.69) is 0 Å². The van der Waals surface area contributed by atoms with Crippen LogP contribution < -0.4 is 5.56 Å². The van der Waals surface area contributed by atoms with Crippen LogP contribution in [0.25, 0.3) is 16.6 Å². The first kappa shape index (κ1) is 21.4.